The molecule has 0 spiro atoms. The number of amides is 2. The lowest BCUT2D eigenvalue weighted by molar-refractivity contribution is -0.170. The number of anilines is 1. The fourth-order valence-corrected chi connectivity index (χ4v) is 3.54. The molecule has 0 radical (unpaired) electrons. The first-order valence-electron chi connectivity index (χ1n) is 9.06. The van der Waals surface area contributed by atoms with Gasteiger partial charge in [0.1, 0.15) is 10.3 Å². The molecule has 3 N–H and O–H groups in total. The van der Waals surface area contributed by atoms with Gasteiger partial charge in [0.05, 0.1) is 23.4 Å². The lowest BCUT2D eigenvalue weighted by Crippen LogP contribution is -2.29. The van der Waals surface area contributed by atoms with Crippen LogP contribution in [0.15, 0.2) is 41.1 Å². The molecule has 0 aliphatic rings. The molecule has 172 valence electrons. The third-order valence-electron chi connectivity index (χ3n) is 4.50. The Bertz CT molecular complexity index is 1280. The predicted molar refractivity (Wildman–Crippen MR) is 118 cm³/mol. The van der Waals surface area contributed by atoms with Crippen LogP contribution in [0.25, 0.3) is 5.82 Å². The smallest absolute Gasteiger partial charge is 0.381 e. The molecule has 3 rings (SSSR count). The Labute approximate surface area is 199 Å². The summed E-state index contributed by atoms with van der Waals surface area (Å²) in [6.45, 7) is 1.36. The Balaban J connectivity index is 2.06. The van der Waals surface area contributed by atoms with Crippen molar-refractivity contribution in [1.29, 1.82) is 0 Å². The quantitative estimate of drug-likeness (QED) is 0.458. The van der Waals surface area contributed by atoms with Gasteiger partial charge in [-0.1, -0.05) is 11.6 Å². The number of aryl methyl sites for hydroxylation is 1. The number of ether oxygens (including phenoxy) is 1. The van der Waals surface area contributed by atoms with E-state index in [1.165, 1.54) is 23.9 Å². The fourth-order valence-electron chi connectivity index (χ4n) is 2.96. The maximum atomic E-state index is 14.4. The van der Waals surface area contributed by atoms with Gasteiger partial charge < -0.3 is 15.8 Å². The van der Waals surface area contributed by atoms with E-state index in [1.807, 2.05) is 0 Å². The van der Waals surface area contributed by atoms with Gasteiger partial charge >= 0.3 is 11.9 Å². The first kappa shape index (κ1) is 24.3. The summed E-state index contributed by atoms with van der Waals surface area (Å²) < 4.78 is 34.3. The molecule has 0 bridgehead atoms. The van der Waals surface area contributed by atoms with Gasteiger partial charge in [0.15, 0.2) is 5.82 Å². The number of esters is 1. The molecule has 13 heteroatoms. The molecule has 0 aliphatic carbocycles. The van der Waals surface area contributed by atoms with Gasteiger partial charge in [-0.3, -0.25) is 9.59 Å². The van der Waals surface area contributed by atoms with Gasteiger partial charge in [-0.2, -0.15) is 13.9 Å². The van der Waals surface area contributed by atoms with E-state index in [9.17, 15) is 23.2 Å². The highest BCUT2D eigenvalue weighted by molar-refractivity contribution is 9.10. The number of methoxy groups -OCH3 is 1. The van der Waals surface area contributed by atoms with Crippen LogP contribution in [0.3, 0.4) is 0 Å². The van der Waals surface area contributed by atoms with Crippen LogP contribution in [0.5, 0.6) is 0 Å². The second-order valence-electron chi connectivity index (χ2n) is 6.67. The van der Waals surface area contributed by atoms with Gasteiger partial charge in [-0.15, -0.1) is 0 Å². The monoisotopic (exact) mass is 541 g/mol. The SMILES string of the molecule is COC(=O)C(F)(F)c1cc(C)c(NC(=O)c2cc(Br)nn2-c2ncccc2Cl)c(C(N)=O)c1. The van der Waals surface area contributed by atoms with Gasteiger partial charge in [0.2, 0.25) is 0 Å². The number of rotatable bonds is 6. The van der Waals surface area contributed by atoms with Crippen LogP contribution in [-0.4, -0.2) is 39.7 Å². The summed E-state index contributed by atoms with van der Waals surface area (Å²) in [5.41, 5.74) is 4.03. The summed E-state index contributed by atoms with van der Waals surface area (Å²) in [6, 6.07) is 6.20. The second kappa shape index (κ2) is 9.24. The summed E-state index contributed by atoms with van der Waals surface area (Å²) in [6.07, 6.45) is 1.45. The molecule has 1 aromatic carbocycles. The van der Waals surface area contributed by atoms with Crippen LogP contribution in [0.4, 0.5) is 14.5 Å². The molecular formula is C20H15BrClF2N5O4. The van der Waals surface area contributed by atoms with Crippen LogP contribution in [-0.2, 0) is 15.5 Å². The number of nitrogens with zero attached hydrogens (tertiary/aromatic N) is 3. The first-order valence-corrected chi connectivity index (χ1v) is 10.2. The van der Waals surface area contributed by atoms with Crippen molar-refractivity contribution < 1.29 is 27.9 Å². The van der Waals surface area contributed by atoms with Crippen molar-refractivity contribution in [3.05, 3.63) is 68.5 Å². The zero-order valence-electron chi connectivity index (χ0n) is 17.0. The molecule has 2 aromatic heterocycles. The van der Waals surface area contributed by atoms with Gasteiger partial charge in [0, 0.05) is 17.8 Å². The summed E-state index contributed by atoms with van der Waals surface area (Å²) in [4.78, 5) is 40.7. The minimum Gasteiger partial charge on any atom is -0.464 e. The number of primary amides is 1. The van der Waals surface area contributed by atoms with Crippen LogP contribution in [0, 0.1) is 6.92 Å². The molecule has 0 saturated heterocycles. The number of halogens is 4. The molecule has 9 nitrogen and oxygen atoms in total. The maximum absolute atomic E-state index is 14.4. The van der Waals surface area contributed by atoms with Crippen molar-refractivity contribution in [2.45, 2.75) is 12.8 Å². The fraction of sp³-hybridized carbons (Fsp3) is 0.150. The Morgan fingerprint density at radius 3 is 2.58 bits per heavy atom. The lowest BCUT2D eigenvalue weighted by atomic mass is 9.98. The van der Waals surface area contributed by atoms with Gasteiger partial charge in [-0.25, -0.2) is 14.5 Å². The van der Waals surface area contributed by atoms with Gasteiger partial charge in [0.25, 0.3) is 11.8 Å². The minimum atomic E-state index is -4.04. The Morgan fingerprint density at radius 2 is 1.97 bits per heavy atom. The van der Waals surface area contributed by atoms with Crippen LogP contribution < -0.4 is 11.1 Å². The molecule has 0 atom stereocenters. The highest BCUT2D eigenvalue weighted by Crippen LogP contribution is 2.34. The van der Waals surface area contributed by atoms with Crippen molar-refractivity contribution in [2.75, 3.05) is 12.4 Å². The summed E-state index contributed by atoms with van der Waals surface area (Å²) in [5.74, 6) is -7.54. The number of hydrogen-bond donors (Lipinski definition) is 2. The van der Waals surface area contributed by atoms with E-state index < -0.39 is 34.8 Å². The molecule has 2 heterocycles. The molecule has 2 amide bonds. The zero-order valence-corrected chi connectivity index (χ0v) is 19.4. The van der Waals surface area contributed by atoms with Crippen molar-refractivity contribution in [3.8, 4) is 5.82 Å². The molecule has 3 aromatic rings. The minimum absolute atomic E-state index is 0.0266. The second-order valence-corrected chi connectivity index (χ2v) is 7.89. The summed E-state index contributed by atoms with van der Waals surface area (Å²) in [5, 5.41) is 6.84. The van der Waals surface area contributed by atoms with Gasteiger partial charge in [-0.05, 0) is 52.7 Å². The first-order chi connectivity index (χ1) is 15.5. The van der Waals surface area contributed by atoms with Crippen molar-refractivity contribution >= 4 is 51.0 Å². The zero-order chi connectivity index (χ0) is 24.5. The predicted octanol–water partition coefficient (Wildman–Crippen LogP) is 3.61. The molecule has 0 aliphatic heterocycles. The number of benzene rings is 1. The number of carbonyl (C=O) groups is 3. The van der Waals surface area contributed by atoms with Crippen LogP contribution in [0.1, 0.15) is 32.0 Å². The Morgan fingerprint density at radius 1 is 1.27 bits per heavy atom. The molecule has 33 heavy (non-hydrogen) atoms. The van der Waals surface area contributed by atoms with Crippen molar-refractivity contribution in [3.63, 3.8) is 0 Å². The third kappa shape index (κ3) is 4.71. The molecule has 0 saturated carbocycles. The number of hydrogen-bond acceptors (Lipinski definition) is 6. The average molecular weight is 543 g/mol. The highest BCUT2D eigenvalue weighted by atomic mass is 79.9. The van der Waals surface area contributed by atoms with E-state index in [0.717, 1.165) is 19.2 Å². The topological polar surface area (TPSA) is 129 Å². The van der Waals surface area contributed by atoms with E-state index >= 15 is 0 Å². The maximum Gasteiger partial charge on any atom is 0.381 e. The highest BCUT2D eigenvalue weighted by Gasteiger charge is 2.43. The normalized spacial score (nSPS) is 11.2. The average Bonchev–Trinajstić information content (AvgIpc) is 3.15. The third-order valence-corrected chi connectivity index (χ3v) is 5.18. The standard InChI is InChI=1S/C20H15BrClF2N5O4/c1-9-6-10(20(23,24)19(32)33-2)7-11(16(25)30)15(9)27-18(31)13-8-14(21)28-29(13)17-12(22)4-3-5-26-17/h3-8H,1-2H3,(H2,25,30)(H,27,31). The number of nitrogens with two attached hydrogens (primary N) is 1. The molecular weight excluding hydrogens is 528 g/mol. The van der Waals surface area contributed by atoms with E-state index in [2.05, 4.69) is 36.1 Å². The summed E-state index contributed by atoms with van der Waals surface area (Å²) in [7, 11) is 0.807. The van der Waals surface area contributed by atoms with E-state index in [1.54, 1.807) is 12.1 Å². The number of aromatic nitrogens is 3. The van der Waals surface area contributed by atoms with E-state index in [0.29, 0.717) is 0 Å². The number of carbonyl (C=O) groups excluding carboxylic acids is 3. The Kier molecular flexibility index (Phi) is 6.79. The molecule has 0 fully saturated rings. The van der Waals surface area contributed by atoms with Crippen molar-refractivity contribution in [2.24, 2.45) is 5.73 Å². The van der Waals surface area contributed by atoms with Crippen LogP contribution >= 0.6 is 27.5 Å². The van der Waals surface area contributed by atoms with Crippen molar-refractivity contribution in [1.82, 2.24) is 14.8 Å². The number of pyridine rings is 1. The lowest BCUT2D eigenvalue weighted by Gasteiger charge is -2.19. The summed E-state index contributed by atoms with van der Waals surface area (Å²) >= 11 is 9.33. The number of alkyl halides is 2. The van der Waals surface area contributed by atoms with E-state index in [-0.39, 0.29) is 32.4 Å². The number of nitrogens with one attached hydrogen (secondary N) is 1. The van der Waals surface area contributed by atoms with Crippen LogP contribution in [0.2, 0.25) is 5.02 Å². The largest absolute Gasteiger partial charge is 0.464 e. The van der Waals surface area contributed by atoms with E-state index in [4.69, 9.17) is 17.3 Å². The Hall–Kier alpha value is -3.38. The molecule has 0 unspecified atom stereocenters.